The maximum atomic E-state index is 15.1. The van der Waals surface area contributed by atoms with Gasteiger partial charge in [-0.2, -0.15) is 0 Å². The van der Waals surface area contributed by atoms with Crippen LogP contribution in [0, 0.1) is 35.7 Å². The Bertz CT molecular complexity index is 1380. The highest BCUT2D eigenvalue weighted by atomic mass is 35.5. The van der Waals surface area contributed by atoms with E-state index in [4.69, 9.17) is 16.4 Å². The van der Waals surface area contributed by atoms with Crippen LogP contribution in [0.5, 0.6) is 0 Å². The molecule has 0 unspecified atom stereocenters. The minimum atomic E-state index is -1.26. The van der Waals surface area contributed by atoms with Gasteiger partial charge in [0.05, 0.1) is 16.3 Å². The first-order chi connectivity index (χ1) is 16.7. The van der Waals surface area contributed by atoms with Gasteiger partial charge in [0.15, 0.2) is 6.10 Å². The summed E-state index contributed by atoms with van der Waals surface area (Å²) in [5, 5.41) is 12.6. The molecule has 2 aliphatic heterocycles. The first-order valence-corrected chi connectivity index (χ1v) is 11.2. The Morgan fingerprint density at radius 2 is 1.77 bits per heavy atom. The minimum Gasteiger partial charge on any atom is -0.273 e. The van der Waals surface area contributed by atoms with E-state index in [2.05, 4.69) is 0 Å². The van der Waals surface area contributed by atoms with Crippen LogP contribution in [-0.2, 0) is 14.4 Å². The van der Waals surface area contributed by atoms with Crippen LogP contribution < -0.4 is 9.96 Å². The van der Waals surface area contributed by atoms with E-state index in [1.807, 2.05) is 13.0 Å². The number of rotatable bonds is 4. The van der Waals surface area contributed by atoms with Crippen LogP contribution >= 0.6 is 11.6 Å². The van der Waals surface area contributed by atoms with Crippen molar-refractivity contribution in [3.05, 3.63) is 98.3 Å². The van der Waals surface area contributed by atoms with Gasteiger partial charge in [-0.3, -0.25) is 24.5 Å². The predicted molar refractivity (Wildman–Crippen MR) is 126 cm³/mol. The van der Waals surface area contributed by atoms with Gasteiger partial charge >= 0.3 is 0 Å². The molecule has 3 aromatic rings. The molecule has 2 aliphatic rings. The monoisotopic (exact) mass is 495 g/mol. The number of benzene rings is 3. The van der Waals surface area contributed by atoms with Crippen molar-refractivity contribution in [1.29, 1.82) is 0 Å². The number of hydrogen-bond acceptors (Lipinski definition) is 6. The molecule has 178 valence electrons. The molecule has 8 nitrogen and oxygen atoms in total. The Morgan fingerprint density at radius 1 is 1.03 bits per heavy atom. The van der Waals surface area contributed by atoms with Crippen molar-refractivity contribution < 1.29 is 23.7 Å². The summed E-state index contributed by atoms with van der Waals surface area (Å²) in [4.78, 5) is 44.9. The lowest BCUT2D eigenvalue weighted by molar-refractivity contribution is -0.384. The molecule has 5 rings (SSSR count). The highest BCUT2D eigenvalue weighted by molar-refractivity contribution is 6.31. The van der Waals surface area contributed by atoms with E-state index in [0.717, 1.165) is 16.0 Å². The lowest BCUT2D eigenvalue weighted by Crippen LogP contribution is -2.38. The summed E-state index contributed by atoms with van der Waals surface area (Å²) in [6, 6.07) is 13.8. The number of carbonyl (C=O) groups is 2. The van der Waals surface area contributed by atoms with Crippen LogP contribution in [0.4, 0.5) is 21.5 Å². The minimum absolute atomic E-state index is 0.0307. The van der Waals surface area contributed by atoms with E-state index in [1.54, 1.807) is 19.1 Å². The molecular formula is C25H19ClFN3O5. The molecule has 35 heavy (non-hydrogen) atoms. The lowest BCUT2D eigenvalue weighted by atomic mass is 9.90. The molecule has 0 aromatic heterocycles. The largest absolute Gasteiger partial charge is 0.273 e. The molecule has 2 amide bonds. The van der Waals surface area contributed by atoms with Gasteiger partial charge < -0.3 is 0 Å². The second-order valence-electron chi connectivity index (χ2n) is 8.54. The number of hydrogen-bond donors (Lipinski definition) is 0. The number of imide groups is 1. The predicted octanol–water partition coefficient (Wildman–Crippen LogP) is 5.06. The van der Waals surface area contributed by atoms with Crippen molar-refractivity contribution in [1.82, 2.24) is 0 Å². The average Bonchev–Trinajstić information content (AvgIpc) is 3.30. The van der Waals surface area contributed by atoms with Crippen LogP contribution in [-0.4, -0.2) is 22.8 Å². The zero-order valence-corrected chi connectivity index (χ0v) is 19.4. The second-order valence-corrected chi connectivity index (χ2v) is 8.94. The average molecular weight is 496 g/mol. The summed E-state index contributed by atoms with van der Waals surface area (Å²) >= 11 is 6.37. The molecule has 0 spiro atoms. The van der Waals surface area contributed by atoms with E-state index in [9.17, 15) is 19.7 Å². The van der Waals surface area contributed by atoms with Gasteiger partial charge in [0.25, 0.3) is 11.6 Å². The maximum absolute atomic E-state index is 15.1. The Morgan fingerprint density at radius 3 is 2.46 bits per heavy atom. The molecule has 10 heteroatoms. The molecule has 3 aromatic carbocycles. The number of carbonyl (C=O) groups excluding carboxylic acids is 2. The first kappa shape index (κ1) is 22.9. The van der Waals surface area contributed by atoms with Gasteiger partial charge in [0.2, 0.25) is 5.91 Å². The zero-order chi connectivity index (χ0) is 25.0. The number of fused-ring (bicyclic) bond motifs is 1. The topological polar surface area (TPSA) is 93.0 Å². The molecule has 2 saturated heterocycles. The fourth-order valence-corrected chi connectivity index (χ4v) is 5.04. The van der Waals surface area contributed by atoms with Gasteiger partial charge in [-0.25, -0.2) is 14.4 Å². The summed E-state index contributed by atoms with van der Waals surface area (Å²) in [5.74, 6) is -2.98. The molecule has 0 N–H and O–H groups in total. The number of aryl methyl sites for hydroxylation is 2. The Balaban J connectivity index is 1.65. The molecule has 0 bridgehead atoms. The van der Waals surface area contributed by atoms with Gasteiger partial charge in [-0.05, 0) is 43.7 Å². The first-order valence-electron chi connectivity index (χ1n) is 10.8. The maximum Gasteiger partial charge on any atom is 0.271 e. The van der Waals surface area contributed by atoms with E-state index in [1.165, 1.54) is 47.5 Å². The van der Waals surface area contributed by atoms with Gasteiger partial charge in [-0.1, -0.05) is 41.4 Å². The third-order valence-corrected chi connectivity index (χ3v) is 6.63. The van der Waals surface area contributed by atoms with Gasteiger partial charge in [0.1, 0.15) is 17.8 Å². The summed E-state index contributed by atoms with van der Waals surface area (Å²) in [5.41, 5.74) is 2.05. The van der Waals surface area contributed by atoms with Crippen molar-refractivity contribution in [2.45, 2.75) is 26.0 Å². The van der Waals surface area contributed by atoms with Gasteiger partial charge in [0, 0.05) is 22.7 Å². The summed E-state index contributed by atoms with van der Waals surface area (Å²) < 4.78 is 15.1. The number of nitrogens with zero attached hydrogens (tertiary/aromatic N) is 3. The zero-order valence-electron chi connectivity index (χ0n) is 18.6. The molecular weight excluding hydrogens is 477 g/mol. The third kappa shape index (κ3) is 3.64. The van der Waals surface area contributed by atoms with Gasteiger partial charge in [-0.15, -0.1) is 0 Å². The number of anilines is 2. The summed E-state index contributed by atoms with van der Waals surface area (Å²) in [7, 11) is 0. The number of hydroxylamine groups is 1. The molecule has 0 radical (unpaired) electrons. The van der Waals surface area contributed by atoms with Crippen molar-refractivity contribution in [3.63, 3.8) is 0 Å². The van der Waals surface area contributed by atoms with Crippen molar-refractivity contribution >= 4 is 40.5 Å². The number of nitro groups is 1. The van der Waals surface area contributed by atoms with Crippen molar-refractivity contribution in [3.8, 4) is 0 Å². The lowest BCUT2D eigenvalue weighted by Gasteiger charge is -2.29. The molecule has 0 aliphatic carbocycles. The highest BCUT2D eigenvalue weighted by Crippen LogP contribution is 2.50. The Hall–Kier alpha value is -3.82. The van der Waals surface area contributed by atoms with E-state index >= 15 is 4.39 Å². The quantitative estimate of drug-likeness (QED) is 0.285. The van der Waals surface area contributed by atoms with E-state index < -0.39 is 40.6 Å². The fraction of sp³-hybridized carbons (Fsp3) is 0.200. The number of halogens is 2. The van der Waals surface area contributed by atoms with Crippen LogP contribution in [0.1, 0.15) is 22.7 Å². The van der Waals surface area contributed by atoms with Crippen LogP contribution in [0.15, 0.2) is 60.7 Å². The van der Waals surface area contributed by atoms with Crippen molar-refractivity contribution in [2.24, 2.45) is 5.92 Å². The summed E-state index contributed by atoms with van der Waals surface area (Å²) in [6.07, 6.45) is -1.26. The second kappa shape index (κ2) is 8.44. The molecule has 2 heterocycles. The molecule has 0 saturated carbocycles. The van der Waals surface area contributed by atoms with E-state index in [0.29, 0.717) is 5.69 Å². The van der Waals surface area contributed by atoms with E-state index in [-0.39, 0.29) is 22.0 Å². The van der Waals surface area contributed by atoms with Crippen LogP contribution in [0.3, 0.4) is 0 Å². The number of nitro benzene ring substituents is 1. The standard InChI is InChI=1S/C25H19ClFN3O5/c1-13-9-10-19(14(2)11-13)28-24(31)21-22(20-17(26)7-4-8-18(20)27)29(35-23(21)25(28)32)15-5-3-6-16(12-15)30(33)34/h3-12,21-23H,1-2H3/t21-,22+,23+/m1/s1. The third-order valence-electron chi connectivity index (χ3n) is 6.30. The normalized spacial score (nSPS) is 21.5. The molecule has 2 fully saturated rings. The summed E-state index contributed by atoms with van der Waals surface area (Å²) in [6.45, 7) is 3.69. The number of amides is 2. The molecule has 3 atom stereocenters. The fourth-order valence-electron chi connectivity index (χ4n) is 4.76. The number of non-ortho nitro benzene ring substituents is 1. The Labute approximate surface area is 204 Å². The van der Waals surface area contributed by atoms with Crippen LogP contribution in [0.2, 0.25) is 5.02 Å². The SMILES string of the molecule is Cc1ccc(N2C(=O)[C@H]3[C@H](ON(c4cccc([N+](=O)[O-])c4)[C@H]3c3c(F)cccc3Cl)C2=O)c(C)c1. The highest BCUT2D eigenvalue weighted by Gasteiger charge is 2.61. The van der Waals surface area contributed by atoms with Crippen LogP contribution in [0.25, 0.3) is 0 Å². The smallest absolute Gasteiger partial charge is 0.271 e. The van der Waals surface area contributed by atoms with Crippen molar-refractivity contribution in [2.75, 3.05) is 9.96 Å². The Kier molecular flexibility index (Phi) is 5.53.